The third-order valence-corrected chi connectivity index (χ3v) is 18.7. The van der Waals surface area contributed by atoms with E-state index < -0.39 is 97.5 Å². The highest BCUT2D eigenvalue weighted by Gasteiger charge is 2.30. The van der Waals surface area contributed by atoms with E-state index in [2.05, 4.69) is 113 Å². The molecular weight excluding hydrogens is 1310 g/mol. The molecule has 19 heteroatoms. The lowest BCUT2D eigenvalue weighted by Crippen LogP contribution is -2.30. The monoisotopic (exact) mass is 1450 g/mol. The van der Waals surface area contributed by atoms with Gasteiger partial charge in [-0.15, -0.1) is 0 Å². The summed E-state index contributed by atoms with van der Waals surface area (Å²) in [5.41, 5.74) is 0. The number of ether oxygens (including phenoxy) is 4. The van der Waals surface area contributed by atoms with Crippen LogP contribution in [-0.4, -0.2) is 96.7 Å². The van der Waals surface area contributed by atoms with Gasteiger partial charge in [0.1, 0.15) is 19.3 Å². The van der Waals surface area contributed by atoms with Crippen LogP contribution < -0.4 is 0 Å². The average molecular weight is 1450 g/mol. The van der Waals surface area contributed by atoms with Gasteiger partial charge in [0, 0.05) is 25.7 Å². The van der Waals surface area contributed by atoms with Gasteiger partial charge in [0.05, 0.1) is 26.4 Å². The molecule has 0 fully saturated rings. The van der Waals surface area contributed by atoms with Crippen molar-refractivity contribution in [2.75, 3.05) is 39.6 Å². The standard InChI is InChI=1S/C81H144O17P2/c1-5-9-13-17-21-25-29-32-35-36-37-38-41-43-47-50-54-58-62-66-79(84)92-72-77(98-81(86)68-64-60-56-52-48-44-40-34-31-27-23-19-15-11-7-3)74-96-100(89,90)94-70-75(82)69-93-99(87,88)95-73-76(97-80(85)67-63-59-55-51-45-28-24-20-16-12-8-4)71-91-78(83)65-61-57-53-49-46-42-39-33-30-26-22-18-14-10-6-2/h9,13,20-22,24-26,32-33,35,37-39,75-77,82H,5-8,10-12,14-19,23,27-31,34,36,40-74H2,1-4H3,(H,87,88)(H,89,90)/b13-9-,24-20-,25-21-,26-22-,35-32-,38-37-,39-33-. The van der Waals surface area contributed by atoms with E-state index in [1.54, 1.807) is 0 Å². The van der Waals surface area contributed by atoms with Crippen LogP contribution in [0.25, 0.3) is 0 Å². The Hall–Kier alpha value is -3.76. The number of phosphoric acid groups is 2. The molecule has 580 valence electrons. The fraction of sp³-hybridized carbons (Fsp3) is 0.778. The number of unbranched alkanes of at least 4 members (excludes halogenated alkanes) is 35. The SMILES string of the molecule is CC/C=C\C/C=C\C/C=C\C/C=C\CCCCCCCCC(=O)OCC(COP(=O)(O)OCC(O)COP(=O)(O)OCC(COC(=O)CCCCCCC/C=C\C/C=C\CCCCC)OC(=O)CCCCCCC/C=C\CCCC)OC(=O)CCCCCCCCCCCCCCCCC. The number of esters is 4. The highest BCUT2D eigenvalue weighted by molar-refractivity contribution is 7.47. The smallest absolute Gasteiger partial charge is 0.462 e. The van der Waals surface area contributed by atoms with Crippen LogP contribution >= 0.6 is 15.6 Å². The summed E-state index contributed by atoms with van der Waals surface area (Å²) in [5.74, 6) is -2.19. The number of carbonyl (C=O) groups is 4. The fourth-order valence-corrected chi connectivity index (χ4v) is 12.3. The van der Waals surface area contributed by atoms with Crippen LogP contribution in [0.3, 0.4) is 0 Å². The van der Waals surface area contributed by atoms with Crippen LogP contribution in [-0.2, 0) is 65.4 Å². The zero-order chi connectivity index (χ0) is 73.2. The minimum absolute atomic E-state index is 0.0833. The third kappa shape index (κ3) is 72.6. The van der Waals surface area contributed by atoms with E-state index in [-0.39, 0.29) is 25.7 Å². The Kier molecular flexibility index (Phi) is 70.8. The number of hydrogen-bond donors (Lipinski definition) is 3. The highest BCUT2D eigenvalue weighted by Crippen LogP contribution is 2.45. The molecule has 0 bridgehead atoms. The van der Waals surface area contributed by atoms with Crippen molar-refractivity contribution in [2.45, 2.75) is 367 Å². The Balaban J connectivity index is 5.32. The third-order valence-electron chi connectivity index (χ3n) is 16.8. The van der Waals surface area contributed by atoms with E-state index in [4.69, 9.17) is 37.0 Å². The van der Waals surface area contributed by atoms with Crippen molar-refractivity contribution >= 4 is 39.5 Å². The minimum Gasteiger partial charge on any atom is -0.462 e. The zero-order valence-electron chi connectivity index (χ0n) is 63.4. The fourth-order valence-electron chi connectivity index (χ4n) is 10.8. The Morgan fingerprint density at radius 3 is 0.860 bits per heavy atom. The maximum Gasteiger partial charge on any atom is 0.472 e. The first-order chi connectivity index (χ1) is 48.7. The second-order valence-corrected chi connectivity index (χ2v) is 29.5. The van der Waals surface area contributed by atoms with Crippen molar-refractivity contribution in [2.24, 2.45) is 0 Å². The van der Waals surface area contributed by atoms with Crippen LogP contribution in [0.4, 0.5) is 0 Å². The maximum atomic E-state index is 13.1. The Morgan fingerprint density at radius 1 is 0.290 bits per heavy atom. The van der Waals surface area contributed by atoms with Gasteiger partial charge in [-0.05, 0) is 116 Å². The van der Waals surface area contributed by atoms with Crippen molar-refractivity contribution in [3.63, 3.8) is 0 Å². The second kappa shape index (κ2) is 73.5. The molecule has 0 saturated carbocycles. The normalized spacial score (nSPS) is 14.3. The van der Waals surface area contributed by atoms with Crippen LogP contribution in [0.2, 0.25) is 0 Å². The molecule has 0 saturated heterocycles. The lowest BCUT2D eigenvalue weighted by atomic mass is 10.0. The topological polar surface area (TPSA) is 237 Å². The molecule has 0 spiro atoms. The molecule has 0 aromatic carbocycles. The number of carbonyl (C=O) groups excluding carboxylic acids is 4. The minimum atomic E-state index is -4.98. The van der Waals surface area contributed by atoms with Gasteiger partial charge < -0.3 is 33.8 Å². The number of allylic oxidation sites excluding steroid dienone is 14. The quantitative estimate of drug-likeness (QED) is 0.0169. The molecule has 5 unspecified atom stereocenters. The summed E-state index contributed by atoms with van der Waals surface area (Å²) >= 11 is 0. The summed E-state index contributed by atoms with van der Waals surface area (Å²) < 4.78 is 68.5. The molecule has 0 rings (SSSR count). The van der Waals surface area contributed by atoms with E-state index in [9.17, 15) is 43.2 Å². The van der Waals surface area contributed by atoms with Gasteiger partial charge in [-0.1, -0.05) is 293 Å². The molecule has 0 radical (unpaired) electrons. The van der Waals surface area contributed by atoms with Gasteiger partial charge in [0.25, 0.3) is 0 Å². The first-order valence-electron chi connectivity index (χ1n) is 39.8. The molecule has 17 nitrogen and oxygen atoms in total. The summed E-state index contributed by atoms with van der Waals surface area (Å²) in [6, 6.07) is 0. The number of phosphoric ester groups is 2. The largest absolute Gasteiger partial charge is 0.472 e. The van der Waals surface area contributed by atoms with Gasteiger partial charge in [-0.3, -0.25) is 37.3 Å². The van der Waals surface area contributed by atoms with E-state index >= 15 is 0 Å². The molecule has 0 aliphatic heterocycles. The summed E-state index contributed by atoms with van der Waals surface area (Å²) in [4.78, 5) is 72.9. The molecule has 0 aliphatic carbocycles. The van der Waals surface area contributed by atoms with E-state index in [0.29, 0.717) is 25.7 Å². The number of hydrogen-bond acceptors (Lipinski definition) is 15. The van der Waals surface area contributed by atoms with Gasteiger partial charge in [0.15, 0.2) is 12.2 Å². The Labute approximate surface area is 608 Å². The molecule has 0 aliphatic rings. The van der Waals surface area contributed by atoms with Crippen LogP contribution in [0, 0.1) is 0 Å². The van der Waals surface area contributed by atoms with Crippen LogP contribution in [0.1, 0.15) is 349 Å². The Bertz CT molecular complexity index is 2230. The number of rotatable bonds is 75. The van der Waals surface area contributed by atoms with Gasteiger partial charge in [0.2, 0.25) is 0 Å². The van der Waals surface area contributed by atoms with Crippen LogP contribution in [0.5, 0.6) is 0 Å². The van der Waals surface area contributed by atoms with Crippen molar-refractivity contribution in [3.05, 3.63) is 85.1 Å². The van der Waals surface area contributed by atoms with E-state index in [1.807, 2.05) is 0 Å². The molecule has 0 aromatic rings. The van der Waals surface area contributed by atoms with Crippen LogP contribution in [0.15, 0.2) is 85.1 Å². The van der Waals surface area contributed by atoms with Gasteiger partial charge in [-0.25, -0.2) is 9.13 Å². The van der Waals surface area contributed by atoms with E-state index in [1.165, 1.54) is 96.3 Å². The molecule has 0 amide bonds. The summed E-state index contributed by atoms with van der Waals surface area (Å²) in [6.07, 6.45) is 75.6. The van der Waals surface area contributed by atoms with Crippen molar-refractivity contribution in [1.29, 1.82) is 0 Å². The molecule has 0 aromatic heterocycles. The maximum absolute atomic E-state index is 13.1. The Morgan fingerprint density at radius 2 is 0.530 bits per heavy atom. The summed E-state index contributed by atoms with van der Waals surface area (Å²) in [6.45, 7) is 4.71. The first kappa shape index (κ1) is 96.2. The molecule has 100 heavy (non-hydrogen) atoms. The predicted molar refractivity (Wildman–Crippen MR) is 409 cm³/mol. The highest BCUT2D eigenvalue weighted by atomic mass is 31.2. The van der Waals surface area contributed by atoms with Crippen molar-refractivity contribution in [3.8, 4) is 0 Å². The van der Waals surface area contributed by atoms with Crippen molar-refractivity contribution < 1.29 is 80.2 Å². The predicted octanol–water partition coefficient (Wildman–Crippen LogP) is 23.0. The summed E-state index contributed by atoms with van der Waals surface area (Å²) in [5, 5.41) is 10.6. The molecular formula is C81H144O17P2. The molecule has 5 atom stereocenters. The van der Waals surface area contributed by atoms with Gasteiger partial charge >= 0.3 is 39.5 Å². The first-order valence-corrected chi connectivity index (χ1v) is 42.8. The number of aliphatic hydroxyl groups excluding tert-OH is 1. The average Bonchev–Trinajstić information content (AvgIpc) is 0.985. The van der Waals surface area contributed by atoms with E-state index in [0.717, 1.165) is 173 Å². The lowest BCUT2D eigenvalue weighted by molar-refractivity contribution is -0.161. The molecule has 3 N–H and O–H groups in total. The van der Waals surface area contributed by atoms with Crippen molar-refractivity contribution in [1.82, 2.24) is 0 Å². The lowest BCUT2D eigenvalue weighted by Gasteiger charge is -2.21. The summed E-state index contributed by atoms with van der Waals surface area (Å²) in [7, 11) is -9.95. The molecule has 0 heterocycles. The number of aliphatic hydroxyl groups is 1. The zero-order valence-corrected chi connectivity index (χ0v) is 65.2. The second-order valence-electron chi connectivity index (χ2n) is 26.6. The van der Waals surface area contributed by atoms with Gasteiger partial charge in [-0.2, -0.15) is 0 Å².